The molecule has 2 aromatic carbocycles. The molecule has 0 bridgehead atoms. The van der Waals surface area contributed by atoms with Crippen molar-refractivity contribution in [3.05, 3.63) is 55.7 Å². The molecule has 0 aliphatic rings. The van der Waals surface area contributed by atoms with Gasteiger partial charge in [0.15, 0.2) is 0 Å². The second kappa shape index (κ2) is 6.50. The van der Waals surface area contributed by atoms with Gasteiger partial charge in [-0.25, -0.2) is 4.39 Å². The van der Waals surface area contributed by atoms with E-state index in [-0.39, 0.29) is 5.82 Å². The Hall–Kier alpha value is -0.510. The lowest BCUT2D eigenvalue weighted by Gasteiger charge is -2.12. The molecule has 0 aliphatic heterocycles. The first-order chi connectivity index (χ1) is 9.45. The van der Waals surface area contributed by atoms with Crippen LogP contribution in [0.1, 0.15) is 5.56 Å². The van der Waals surface area contributed by atoms with Gasteiger partial charge in [-0.1, -0.05) is 52.5 Å². The minimum atomic E-state index is -0.302. The molecule has 0 saturated heterocycles. The molecule has 0 aromatic heterocycles. The van der Waals surface area contributed by atoms with Crippen molar-refractivity contribution in [2.75, 3.05) is 7.05 Å². The van der Waals surface area contributed by atoms with Gasteiger partial charge in [0.25, 0.3) is 0 Å². The zero-order valence-corrected chi connectivity index (χ0v) is 13.4. The van der Waals surface area contributed by atoms with E-state index in [4.69, 9.17) is 46.4 Å². The predicted molar refractivity (Wildman–Crippen MR) is 84.6 cm³/mol. The van der Waals surface area contributed by atoms with Crippen molar-refractivity contribution in [1.82, 2.24) is 5.32 Å². The molecule has 1 nitrogen and oxygen atoms in total. The first kappa shape index (κ1) is 15.9. The molecule has 0 amide bonds. The summed E-state index contributed by atoms with van der Waals surface area (Å²) in [5.41, 5.74) is 1.67. The maximum atomic E-state index is 13.7. The third-order valence-electron chi connectivity index (χ3n) is 2.81. The molecule has 0 heterocycles. The summed E-state index contributed by atoms with van der Waals surface area (Å²) in [5.74, 6) is -0.302. The fourth-order valence-corrected chi connectivity index (χ4v) is 2.91. The summed E-state index contributed by atoms with van der Waals surface area (Å²) < 4.78 is 13.7. The van der Waals surface area contributed by atoms with E-state index in [1.807, 2.05) is 0 Å². The van der Waals surface area contributed by atoms with E-state index in [2.05, 4.69) is 5.32 Å². The molecular formula is C14H10Cl4FN. The zero-order valence-electron chi connectivity index (χ0n) is 10.4. The van der Waals surface area contributed by atoms with Gasteiger partial charge in [0.1, 0.15) is 5.82 Å². The van der Waals surface area contributed by atoms with Crippen LogP contribution in [0.25, 0.3) is 11.1 Å². The molecule has 2 aromatic rings. The first-order valence-electron chi connectivity index (χ1n) is 5.72. The van der Waals surface area contributed by atoms with Crippen molar-refractivity contribution >= 4 is 46.4 Å². The third kappa shape index (κ3) is 3.05. The molecule has 20 heavy (non-hydrogen) atoms. The quantitative estimate of drug-likeness (QED) is 0.685. The Kier molecular flexibility index (Phi) is 5.16. The minimum Gasteiger partial charge on any atom is -0.316 e. The molecule has 0 atom stereocenters. The van der Waals surface area contributed by atoms with Crippen LogP contribution in [0.5, 0.6) is 0 Å². The monoisotopic (exact) mass is 351 g/mol. The Balaban J connectivity index is 2.65. The summed E-state index contributed by atoms with van der Waals surface area (Å²) in [7, 11) is 1.74. The summed E-state index contributed by atoms with van der Waals surface area (Å²) in [6, 6.07) is 6.11. The average Bonchev–Trinajstić information content (AvgIpc) is 2.40. The summed E-state index contributed by atoms with van der Waals surface area (Å²) >= 11 is 24.4. The largest absolute Gasteiger partial charge is 0.316 e. The van der Waals surface area contributed by atoms with E-state index >= 15 is 0 Å². The van der Waals surface area contributed by atoms with Crippen LogP contribution in [0.2, 0.25) is 20.1 Å². The Morgan fingerprint density at radius 1 is 1.00 bits per heavy atom. The molecule has 1 N–H and O–H groups in total. The maximum Gasteiger partial charge on any atom is 0.127 e. The number of halogens is 5. The Morgan fingerprint density at radius 2 is 1.60 bits per heavy atom. The molecule has 0 unspecified atom stereocenters. The topological polar surface area (TPSA) is 12.0 Å². The van der Waals surface area contributed by atoms with Crippen LogP contribution in [0.15, 0.2) is 24.3 Å². The van der Waals surface area contributed by atoms with Crippen molar-refractivity contribution in [1.29, 1.82) is 0 Å². The smallest absolute Gasteiger partial charge is 0.127 e. The van der Waals surface area contributed by atoms with E-state index in [1.54, 1.807) is 19.2 Å². The van der Waals surface area contributed by atoms with Crippen LogP contribution in [-0.2, 0) is 6.54 Å². The fraction of sp³-hybridized carbons (Fsp3) is 0.143. The Morgan fingerprint density at radius 3 is 2.15 bits per heavy atom. The number of nitrogens with one attached hydrogen (secondary N) is 1. The highest BCUT2D eigenvalue weighted by Crippen LogP contribution is 2.43. The minimum absolute atomic E-state index is 0.295. The Bertz CT molecular complexity index is 632. The van der Waals surface area contributed by atoms with E-state index < -0.39 is 0 Å². The van der Waals surface area contributed by atoms with Gasteiger partial charge in [0.2, 0.25) is 0 Å². The van der Waals surface area contributed by atoms with E-state index in [1.165, 1.54) is 12.1 Å². The second-order valence-electron chi connectivity index (χ2n) is 4.18. The molecule has 0 spiro atoms. The summed E-state index contributed by atoms with van der Waals surface area (Å²) in [4.78, 5) is 0. The zero-order chi connectivity index (χ0) is 14.9. The summed E-state index contributed by atoms with van der Waals surface area (Å²) in [5, 5.41) is 4.09. The van der Waals surface area contributed by atoms with Crippen molar-refractivity contribution < 1.29 is 4.39 Å². The lowest BCUT2D eigenvalue weighted by atomic mass is 10.0. The van der Waals surface area contributed by atoms with Gasteiger partial charge in [-0.15, -0.1) is 0 Å². The second-order valence-corrected chi connectivity index (χ2v) is 5.75. The highest BCUT2D eigenvalue weighted by atomic mass is 35.5. The highest BCUT2D eigenvalue weighted by molar-refractivity contribution is 6.50. The lowest BCUT2D eigenvalue weighted by molar-refractivity contribution is 0.601. The van der Waals surface area contributed by atoms with Crippen molar-refractivity contribution in [2.45, 2.75) is 6.54 Å². The van der Waals surface area contributed by atoms with E-state index in [0.29, 0.717) is 43.3 Å². The van der Waals surface area contributed by atoms with Crippen molar-refractivity contribution in [3.63, 3.8) is 0 Å². The lowest BCUT2D eigenvalue weighted by Crippen LogP contribution is -2.07. The molecule has 2 rings (SSSR count). The van der Waals surface area contributed by atoms with Gasteiger partial charge in [0.05, 0.1) is 20.1 Å². The van der Waals surface area contributed by atoms with Gasteiger partial charge >= 0.3 is 0 Å². The van der Waals surface area contributed by atoms with Crippen LogP contribution in [-0.4, -0.2) is 7.05 Å². The Labute approximate surface area is 136 Å². The molecular weight excluding hydrogens is 343 g/mol. The van der Waals surface area contributed by atoms with Crippen molar-refractivity contribution in [2.24, 2.45) is 0 Å². The SMILES string of the molecule is CNCc1cc(-c2c(Cl)c(Cl)cc(Cl)c2Cl)ccc1F. The first-order valence-corrected chi connectivity index (χ1v) is 7.23. The molecule has 106 valence electrons. The van der Waals surface area contributed by atoms with Gasteiger partial charge < -0.3 is 5.32 Å². The number of hydrogen-bond donors (Lipinski definition) is 1. The van der Waals surface area contributed by atoms with Gasteiger partial charge in [-0.2, -0.15) is 0 Å². The fourth-order valence-electron chi connectivity index (χ4n) is 1.88. The molecule has 0 saturated carbocycles. The predicted octanol–water partition coefficient (Wildman–Crippen LogP) is 5.83. The van der Waals surface area contributed by atoms with Crippen molar-refractivity contribution in [3.8, 4) is 11.1 Å². The molecule has 0 fully saturated rings. The highest BCUT2D eigenvalue weighted by Gasteiger charge is 2.16. The van der Waals surface area contributed by atoms with Crippen LogP contribution in [0.3, 0.4) is 0 Å². The normalized spacial score (nSPS) is 10.9. The third-order valence-corrected chi connectivity index (χ3v) is 4.39. The van der Waals surface area contributed by atoms with Crippen LogP contribution < -0.4 is 5.32 Å². The molecule has 6 heteroatoms. The average molecular weight is 353 g/mol. The number of benzene rings is 2. The van der Waals surface area contributed by atoms with Crippen LogP contribution >= 0.6 is 46.4 Å². The standard InChI is InChI=1S/C14H10Cl4FN/c1-20-6-8-4-7(2-3-11(8)19)12-13(17)9(15)5-10(16)14(12)18/h2-5,20H,6H2,1H3. The van der Waals surface area contributed by atoms with E-state index in [9.17, 15) is 4.39 Å². The summed E-state index contributed by atoms with van der Waals surface area (Å²) in [6.07, 6.45) is 0. The number of hydrogen-bond acceptors (Lipinski definition) is 1. The van der Waals surface area contributed by atoms with E-state index in [0.717, 1.165) is 0 Å². The van der Waals surface area contributed by atoms with Gasteiger partial charge in [-0.05, 0) is 30.8 Å². The molecule has 0 radical (unpaired) electrons. The molecule has 0 aliphatic carbocycles. The number of rotatable bonds is 3. The maximum absolute atomic E-state index is 13.7. The van der Waals surface area contributed by atoms with Crippen LogP contribution in [0.4, 0.5) is 4.39 Å². The van der Waals surface area contributed by atoms with Crippen LogP contribution in [0, 0.1) is 5.82 Å². The van der Waals surface area contributed by atoms with Gasteiger partial charge in [0, 0.05) is 17.7 Å². The summed E-state index contributed by atoms with van der Waals surface area (Å²) in [6.45, 7) is 0.392. The van der Waals surface area contributed by atoms with Gasteiger partial charge in [-0.3, -0.25) is 0 Å².